The van der Waals surface area contributed by atoms with Crippen molar-refractivity contribution in [3.8, 4) is 0 Å². The van der Waals surface area contributed by atoms with Crippen molar-refractivity contribution in [1.29, 1.82) is 0 Å². The van der Waals surface area contributed by atoms with E-state index in [4.69, 9.17) is 0 Å². The number of carbonyl (C=O) groups excluding carboxylic acids is 1. The zero-order valence-corrected chi connectivity index (χ0v) is 16.9. The highest BCUT2D eigenvalue weighted by molar-refractivity contribution is 7.89. The van der Waals surface area contributed by atoms with E-state index in [9.17, 15) is 13.2 Å². The maximum absolute atomic E-state index is 12.9. The van der Waals surface area contributed by atoms with Crippen LogP contribution < -0.4 is 10.2 Å². The number of anilines is 2. The summed E-state index contributed by atoms with van der Waals surface area (Å²) < 4.78 is 28.6. The molecule has 2 fully saturated rings. The van der Waals surface area contributed by atoms with Crippen LogP contribution in [-0.4, -0.2) is 49.4 Å². The predicted octanol–water partition coefficient (Wildman–Crippen LogP) is 2.66. The van der Waals surface area contributed by atoms with Gasteiger partial charge in [-0.25, -0.2) is 8.42 Å². The van der Waals surface area contributed by atoms with Gasteiger partial charge in [0, 0.05) is 39.4 Å². The molecule has 0 saturated carbocycles. The molecule has 1 aromatic heterocycles. The number of nitrogens with zero attached hydrogens (tertiary/aromatic N) is 3. The second-order valence-electron chi connectivity index (χ2n) is 7.45. The van der Waals surface area contributed by atoms with Crippen molar-refractivity contribution < 1.29 is 13.2 Å². The molecule has 0 radical (unpaired) electrons. The van der Waals surface area contributed by atoms with Gasteiger partial charge in [0.05, 0.1) is 11.4 Å². The molecule has 28 heavy (non-hydrogen) atoms. The highest BCUT2D eigenvalue weighted by Crippen LogP contribution is 2.29. The second-order valence-corrected chi connectivity index (χ2v) is 9.39. The molecule has 2 aliphatic heterocycles. The average molecular weight is 403 g/mol. The van der Waals surface area contributed by atoms with Crippen LogP contribution >= 0.6 is 0 Å². The van der Waals surface area contributed by atoms with Gasteiger partial charge in [0.25, 0.3) is 5.91 Å². The van der Waals surface area contributed by atoms with Crippen molar-refractivity contribution in [3.05, 3.63) is 42.2 Å². The molecule has 1 aromatic carbocycles. The van der Waals surface area contributed by atoms with Gasteiger partial charge in [0.1, 0.15) is 10.6 Å². The number of carbonyl (C=O) groups is 1. The summed E-state index contributed by atoms with van der Waals surface area (Å²) in [6.07, 6.45) is 5.59. The van der Waals surface area contributed by atoms with Gasteiger partial charge >= 0.3 is 0 Å². The lowest BCUT2D eigenvalue weighted by molar-refractivity contribution is 0.101. The van der Waals surface area contributed by atoms with Crippen LogP contribution in [0.3, 0.4) is 0 Å². The summed E-state index contributed by atoms with van der Waals surface area (Å²) in [7, 11) is -1.85. The Morgan fingerprint density at radius 2 is 1.64 bits per heavy atom. The van der Waals surface area contributed by atoms with Crippen LogP contribution in [0.1, 0.15) is 36.2 Å². The molecule has 0 unspecified atom stereocenters. The minimum atomic E-state index is -3.54. The number of rotatable bonds is 5. The minimum absolute atomic E-state index is 0.176. The zero-order chi connectivity index (χ0) is 19.7. The van der Waals surface area contributed by atoms with Gasteiger partial charge in [-0.1, -0.05) is 12.1 Å². The van der Waals surface area contributed by atoms with E-state index in [0.29, 0.717) is 18.8 Å². The van der Waals surface area contributed by atoms with Crippen molar-refractivity contribution >= 4 is 27.3 Å². The number of sulfonamides is 1. The molecule has 0 aliphatic carbocycles. The first kappa shape index (κ1) is 19.0. The first-order chi connectivity index (χ1) is 13.5. The van der Waals surface area contributed by atoms with Crippen molar-refractivity contribution in [3.63, 3.8) is 0 Å². The van der Waals surface area contributed by atoms with Crippen molar-refractivity contribution in [1.82, 2.24) is 8.87 Å². The summed E-state index contributed by atoms with van der Waals surface area (Å²) in [5.41, 5.74) is 2.08. The molecular weight excluding hydrogens is 376 g/mol. The fraction of sp³-hybridized carbons (Fsp3) is 0.450. The van der Waals surface area contributed by atoms with Crippen molar-refractivity contribution in [2.45, 2.75) is 30.6 Å². The van der Waals surface area contributed by atoms with Gasteiger partial charge in [-0.05, 0) is 43.9 Å². The Kier molecular flexibility index (Phi) is 5.16. The molecule has 150 valence electrons. The monoisotopic (exact) mass is 402 g/mol. The second kappa shape index (κ2) is 7.60. The standard InChI is InChI=1S/C20H26N4O3S/c1-22-15-16(28(26,27)24-12-6-7-13-24)14-19(22)20(25)21-17-8-2-3-9-18(17)23-10-4-5-11-23/h2-3,8-9,14-15H,4-7,10-13H2,1H3,(H,21,25). The van der Waals surface area contributed by atoms with Crippen LogP contribution in [0.5, 0.6) is 0 Å². The summed E-state index contributed by atoms with van der Waals surface area (Å²) in [6.45, 7) is 3.05. The third-order valence-corrected chi connectivity index (χ3v) is 7.38. The Morgan fingerprint density at radius 3 is 2.36 bits per heavy atom. The Hall–Kier alpha value is -2.32. The smallest absolute Gasteiger partial charge is 0.272 e. The topological polar surface area (TPSA) is 74.6 Å². The first-order valence-corrected chi connectivity index (χ1v) is 11.2. The Bertz CT molecular complexity index is 971. The summed E-state index contributed by atoms with van der Waals surface area (Å²) >= 11 is 0. The summed E-state index contributed by atoms with van der Waals surface area (Å²) in [4.78, 5) is 15.3. The summed E-state index contributed by atoms with van der Waals surface area (Å²) in [5, 5.41) is 2.97. The Balaban J connectivity index is 1.57. The largest absolute Gasteiger partial charge is 0.370 e. The highest BCUT2D eigenvalue weighted by Gasteiger charge is 2.29. The quantitative estimate of drug-likeness (QED) is 0.834. The molecule has 2 saturated heterocycles. The van der Waals surface area contributed by atoms with Crippen LogP contribution in [0, 0.1) is 0 Å². The third-order valence-electron chi connectivity index (χ3n) is 5.51. The van der Waals surface area contributed by atoms with Gasteiger partial charge in [-0.2, -0.15) is 4.31 Å². The molecule has 1 N–H and O–H groups in total. The number of aryl methyl sites for hydroxylation is 1. The first-order valence-electron chi connectivity index (χ1n) is 9.79. The Labute approximate surface area is 166 Å². The van der Waals surface area contributed by atoms with E-state index >= 15 is 0 Å². The van der Waals surface area contributed by atoms with Crippen LogP contribution in [0.15, 0.2) is 41.4 Å². The number of benzene rings is 1. The lowest BCUT2D eigenvalue weighted by atomic mass is 10.2. The molecule has 7 nitrogen and oxygen atoms in total. The van der Waals surface area contributed by atoms with E-state index in [1.54, 1.807) is 11.6 Å². The highest BCUT2D eigenvalue weighted by atomic mass is 32.2. The lowest BCUT2D eigenvalue weighted by Crippen LogP contribution is -2.27. The molecule has 3 heterocycles. The van der Waals surface area contributed by atoms with Crippen molar-refractivity contribution in [2.75, 3.05) is 36.4 Å². The van der Waals surface area contributed by atoms with Crippen molar-refractivity contribution in [2.24, 2.45) is 7.05 Å². The fourth-order valence-electron chi connectivity index (χ4n) is 3.98. The van der Waals surface area contributed by atoms with E-state index in [1.807, 2.05) is 24.3 Å². The number of amides is 1. The molecule has 0 spiro atoms. The van der Waals surface area contributed by atoms with E-state index in [1.165, 1.54) is 16.6 Å². The maximum Gasteiger partial charge on any atom is 0.272 e. The predicted molar refractivity (Wildman–Crippen MR) is 109 cm³/mol. The number of hydrogen-bond acceptors (Lipinski definition) is 4. The van der Waals surface area contributed by atoms with Gasteiger partial charge in [-0.3, -0.25) is 4.79 Å². The lowest BCUT2D eigenvalue weighted by Gasteiger charge is -2.21. The van der Waals surface area contributed by atoms with E-state index in [0.717, 1.165) is 50.1 Å². The zero-order valence-electron chi connectivity index (χ0n) is 16.1. The van der Waals surface area contributed by atoms with E-state index in [2.05, 4.69) is 10.2 Å². The minimum Gasteiger partial charge on any atom is -0.370 e. The third kappa shape index (κ3) is 3.54. The summed E-state index contributed by atoms with van der Waals surface area (Å²) in [5.74, 6) is -0.308. The van der Waals surface area contributed by atoms with E-state index in [-0.39, 0.29) is 10.8 Å². The number of nitrogens with one attached hydrogen (secondary N) is 1. The molecule has 0 atom stereocenters. The average Bonchev–Trinajstić information content (AvgIpc) is 3.43. The van der Waals surface area contributed by atoms with Gasteiger partial charge in [0.2, 0.25) is 10.0 Å². The van der Waals surface area contributed by atoms with Crippen LogP contribution in [0.4, 0.5) is 11.4 Å². The normalized spacial score (nSPS) is 18.0. The summed E-state index contributed by atoms with van der Waals surface area (Å²) in [6, 6.07) is 9.23. The van der Waals surface area contributed by atoms with Gasteiger partial charge < -0.3 is 14.8 Å². The van der Waals surface area contributed by atoms with Crippen LogP contribution in [0.2, 0.25) is 0 Å². The number of hydrogen-bond donors (Lipinski definition) is 1. The Morgan fingerprint density at radius 1 is 1.00 bits per heavy atom. The SMILES string of the molecule is Cn1cc(S(=O)(=O)N2CCCC2)cc1C(=O)Nc1ccccc1N1CCCC1. The number of para-hydroxylation sites is 2. The molecule has 2 aliphatic rings. The molecular formula is C20H26N4O3S. The maximum atomic E-state index is 12.9. The van der Waals surface area contributed by atoms with Crippen LogP contribution in [-0.2, 0) is 17.1 Å². The molecule has 4 rings (SSSR count). The molecule has 1 amide bonds. The van der Waals surface area contributed by atoms with Gasteiger partial charge in [-0.15, -0.1) is 0 Å². The molecule has 0 bridgehead atoms. The molecule has 2 aromatic rings. The van der Waals surface area contributed by atoms with Gasteiger partial charge in [0.15, 0.2) is 0 Å². The fourth-order valence-corrected chi connectivity index (χ4v) is 5.57. The number of aromatic nitrogens is 1. The van der Waals surface area contributed by atoms with E-state index < -0.39 is 10.0 Å². The van der Waals surface area contributed by atoms with Crippen LogP contribution in [0.25, 0.3) is 0 Å². The molecule has 8 heteroatoms.